The molecule has 3 rings (SSSR count). The van der Waals surface area contributed by atoms with Crippen LogP contribution in [0.5, 0.6) is 0 Å². The summed E-state index contributed by atoms with van der Waals surface area (Å²) < 4.78 is 15.4. The van der Waals surface area contributed by atoms with Gasteiger partial charge in [0.25, 0.3) is 0 Å². The number of halogens is 1. The van der Waals surface area contributed by atoms with Gasteiger partial charge in [0.2, 0.25) is 11.4 Å². The molecule has 0 unspecified atom stereocenters. The predicted molar refractivity (Wildman–Crippen MR) is 96.2 cm³/mol. The van der Waals surface area contributed by atoms with Gasteiger partial charge in [-0.2, -0.15) is 0 Å². The molecule has 2 N–H and O–H groups in total. The fourth-order valence-electron chi connectivity index (χ4n) is 2.88. The van der Waals surface area contributed by atoms with Gasteiger partial charge < -0.3 is 0 Å². The number of aromatic nitrogens is 1. The van der Waals surface area contributed by atoms with E-state index in [2.05, 4.69) is 13.0 Å². The van der Waals surface area contributed by atoms with Crippen molar-refractivity contribution in [3.8, 4) is 22.4 Å². The van der Waals surface area contributed by atoms with Crippen molar-refractivity contribution in [2.75, 3.05) is 5.84 Å². The SMILES string of the molecule is CCCCc1cc(-c2cccc(F)c2)cc(-c2ccccc2)[n+]1N. The number of benzene rings is 2. The molecule has 0 amide bonds. The molecule has 24 heavy (non-hydrogen) atoms. The summed E-state index contributed by atoms with van der Waals surface area (Å²) in [5.41, 5.74) is 4.89. The number of rotatable bonds is 5. The molecule has 3 heteroatoms. The van der Waals surface area contributed by atoms with E-state index in [0.29, 0.717) is 0 Å². The minimum atomic E-state index is -0.228. The van der Waals surface area contributed by atoms with Crippen LogP contribution in [0.4, 0.5) is 4.39 Å². The molecule has 2 aromatic carbocycles. The van der Waals surface area contributed by atoms with E-state index in [0.717, 1.165) is 47.3 Å². The molecule has 1 heterocycles. The van der Waals surface area contributed by atoms with Crippen molar-refractivity contribution < 1.29 is 9.07 Å². The summed E-state index contributed by atoms with van der Waals surface area (Å²) in [4.78, 5) is 0. The monoisotopic (exact) mass is 321 g/mol. The molecular weight excluding hydrogens is 299 g/mol. The van der Waals surface area contributed by atoms with E-state index in [4.69, 9.17) is 5.84 Å². The van der Waals surface area contributed by atoms with Crippen molar-refractivity contribution in [1.29, 1.82) is 0 Å². The molecule has 0 saturated heterocycles. The van der Waals surface area contributed by atoms with Crippen LogP contribution in [-0.4, -0.2) is 0 Å². The summed E-state index contributed by atoms with van der Waals surface area (Å²) in [6, 6.07) is 20.8. The van der Waals surface area contributed by atoms with Crippen molar-refractivity contribution in [1.82, 2.24) is 0 Å². The Morgan fingerprint density at radius 1 is 0.875 bits per heavy atom. The second-order valence-corrected chi connectivity index (χ2v) is 5.97. The van der Waals surface area contributed by atoms with Crippen LogP contribution in [0.25, 0.3) is 22.4 Å². The molecule has 0 bridgehead atoms. The Morgan fingerprint density at radius 2 is 1.62 bits per heavy atom. The largest absolute Gasteiger partial charge is 0.242 e. The first-order chi connectivity index (χ1) is 11.7. The van der Waals surface area contributed by atoms with Crippen molar-refractivity contribution in [3.63, 3.8) is 0 Å². The van der Waals surface area contributed by atoms with Gasteiger partial charge in [-0.25, -0.2) is 10.2 Å². The lowest BCUT2D eigenvalue weighted by Gasteiger charge is -2.08. The molecule has 0 aliphatic rings. The first kappa shape index (κ1) is 16.2. The highest BCUT2D eigenvalue weighted by Gasteiger charge is 2.19. The lowest BCUT2D eigenvalue weighted by atomic mass is 10.0. The van der Waals surface area contributed by atoms with E-state index in [9.17, 15) is 4.39 Å². The number of nitrogens with zero attached hydrogens (tertiary/aromatic N) is 1. The lowest BCUT2D eigenvalue weighted by molar-refractivity contribution is -0.635. The third-order valence-electron chi connectivity index (χ3n) is 4.20. The van der Waals surface area contributed by atoms with Crippen molar-refractivity contribution in [2.24, 2.45) is 0 Å². The van der Waals surface area contributed by atoms with Gasteiger partial charge in [0.05, 0.1) is 0 Å². The molecule has 1 aromatic heterocycles. The number of unbranched alkanes of at least 4 members (excludes halogenated alkanes) is 1. The summed E-state index contributed by atoms with van der Waals surface area (Å²) in [5, 5.41) is 0. The Bertz CT molecular complexity index is 828. The van der Waals surface area contributed by atoms with Gasteiger partial charge in [0.15, 0.2) is 0 Å². The van der Waals surface area contributed by atoms with Gasteiger partial charge in [-0.15, -0.1) is 0 Å². The molecule has 122 valence electrons. The number of nitrogen functional groups attached to an aromatic ring is 1. The summed E-state index contributed by atoms with van der Waals surface area (Å²) in [6.07, 6.45) is 3.07. The standard InChI is InChI=1S/C21H22FN2/c1-2-3-12-20-14-18(17-10-7-11-19(22)13-17)15-21(24(20)23)16-8-5-4-6-9-16/h4-11,13-15H,2-3,12,23H2,1H3/q+1. The summed E-state index contributed by atoms with van der Waals surface area (Å²) >= 11 is 0. The molecule has 0 spiro atoms. The molecule has 0 saturated carbocycles. The van der Waals surface area contributed by atoms with Gasteiger partial charge in [0.1, 0.15) is 5.82 Å². The highest BCUT2D eigenvalue weighted by atomic mass is 19.1. The normalized spacial score (nSPS) is 10.8. The maximum absolute atomic E-state index is 13.6. The average molecular weight is 321 g/mol. The Kier molecular flexibility index (Phi) is 4.90. The van der Waals surface area contributed by atoms with E-state index < -0.39 is 0 Å². The van der Waals surface area contributed by atoms with E-state index in [1.807, 2.05) is 42.5 Å². The fourth-order valence-corrected chi connectivity index (χ4v) is 2.88. The van der Waals surface area contributed by atoms with Gasteiger partial charge in [0, 0.05) is 24.1 Å². The number of nitrogens with two attached hydrogens (primary N) is 1. The Labute approximate surface area is 142 Å². The van der Waals surface area contributed by atoms with Crippen molar-refractivity contribution >= 4 is 0 Å². The van der Waals surface area contributed by atoms with Crippen LogP contribution in [0.15, 0.2) is 66.7 Å². The molecule has 0 aliphatic heterocycles. The zero-order chi connectivity index (χ0) is 16.9. The summed E-state index contributed by atoms with van der Waals surface area (Å²) in [7, 11) is 0. The minimum Gasteiger partial charge on any atom is -0.207 e. The van der Waals surface area contributed by atoms with Crippen LogP contribution in [0.1, 0.15) is 25.5 Å². The zero-order valence-electron chi connectivity index (χ0n) is 13.9. The van der Waals surface area contributed by atoms with Crippen LogP contribution in [-0.2, 0) is 6.42 Å². The Morgan fingerprint density at radius 3 is 2.33 bits per heavy atom. The third-order valence-corrected chi connectivity index (χ3v) is 4.20. The fraction of sp³-hybridized carbons (Fsp3) is 0.190. The van der Waals surface area contributed by atoms with Crippen LogP contribution >= 0.6 is 0 Å². The lowest BCUT2D eigenvalue weighted by Crippen LogP contribution is -2.50. The highest BCUT2D eigenvalue weighted by Crippen LogP contribution is 2.25. The highest BCUT2D eigenvalue weighted by molar-refractivity contribution is 5.69. The van der Waals surface area contributed by atoms with Crippen LogP contribution < -0.4 is 10.5 Å². The number of pyridine rings is 1. The molecule has 3 aromatic rings. The van der Waals surface area contributed by atoms with Gasteiger partial charge in [-0.05, 0) is 41.8 Å². The van der Waals surface area contributed by atoms with Gasteiger partial charge in [-0.3, -0.25) is 0 Å². The number of hydrogen-bond donors (Lipinski definition) is 1. The first-order valence-electron chi connectivity index (χ1n) is 8.34. The molecule has 0 radical (unpaired) electrons. The zero-order valence-corrected chi connectivity index (χ0v) is 13.9. The summed E-state index contributed by atoms with van der Waals surface area (Å²) in [5.74, 6) is 6.15. The Balaban J connectivity index is 2.16. The smallest absolute Gasteiger partial charge is 0.207 e. The topological polar surface area (TPSA) is 29.9 Å². The number of hydrogen-bond acceptors (Lipinski definition) is 1. The summed E-state index contributed by atoms with van der Waals surface area (Å²) in [6.45, 7) is 2.16. The van der Waals surface area contributed by atoms with E-state index >= 15 is 0 Å². The molecule has 0 atom stereocenters. The molecule has 0 fully saturated rings. The van der Waals surface area contributed by atoms with Gasteiger partial charge >= 0.3 is 0 Å². The van der Waals surface area contributed by atoms with Crippen LogP contribution in [0, 0.1) is 5.82 Å². The predicted octanol–water partition coefficient (Wildman–Crippen LogP) is 4.50. The average Bonchev–Trinajstić information content (AvgIpc) is 2.61. The maximum atomic E-state index is 13.6. The van der Waals surface area contributed by atoms with Crippen molar-refractivity contribution in [3.05, 3.63) is 78.2 Å². The first-order valence-corrected chi connectivity index (χ1v) is 8.34. The van der Waals surface area contributed by atoms with Crippen LogP contribution in [0.3, 0.4) is 0 Å². The molecular formula is C21H22FN2+. The van der Waals surface area contributed by atoms with E-state index in [1.165, 1.54) is 6.07 Å². The Hall–Kier alpha value is -2.68. The van der Waals surface area contributed by atoms with E-state index in [1.54, 1.807) is 16.8 Å². The quantitative estimate of drug-likeness (QED) is 0.544. The second-order valence-electron chi connectivity index (χ2n) is 5.97. The molecule has 0 aliphatic carbocycles. The number of aryl methyl sites for hydroxylation is 1. The maximum Gasteiger partial charge on any atom is 0.242 e. The van der Waals surface area contributed by atoms with Crippen molar-refractivity contribution in [2.45, 2.75) is 26.2 Å². The molecule has 2 nitrogen and oxygen atoms in total. The van der Waals surface area contributed by atoms with Crippen LogP contribution in [0.2, 0.25) is 0 Å². The minimum absolute atomic E-state index is 0.228. The van der Waals surface area contributed by atoms with E-state index in [-0.39, 0.29) is 5.82 Å². The third kappa shape index (κ3) is 3.46. The van der Waals surface area contributed by atoms with Gasteiger partial charge in [-0.1, -0.05) is 48.4 Å². The second kappa shape index (κ2) is 7.26.